The monoisotopic (exact) mass is 335 g/mol. The number of carbonyl (C=O) groups is 2. The van der Waals surface area contributed by atoms with E-state index in [4.69, 9.17) is 5.26 Å². The summed E-state index contributed by atoms with van der Waals surface area (Å²) in [5.74, 6) is -0.725. The van der Waals surface area contributed by atoms with Crippen molar-refractivity contribution in [1.29, 1.82) is 5.26 Å². The highest BCUT2D eigenvalue weighted by atomic mass is 16.2. The highest BCUT2D eigenvalue weighted by molar-refractivity contribution is 5.87. The number of nitriles is 1. The van der Waals surface area contributed by atoms with E-state index in [1.807, 2.05) is 60.7 Å². The van der Waals surface area contributed by atoms with Crippen molar-refractivity contribution >= 4 is 11.8 Å². The van der Waals surface area contributed by atoms with Crippen LogP contribution in [0.15, 0.2) is 60.7 Å². The van der Waals surface area contributed by atoms with E-state index in [0.29, 0.717) is 19.5 Å². The molecular weight excluding hydrogens is 314 g/mol. The summed E-state index contributed by atoms with van der Waals surface area (Å²) in [6.07, 6.45) is 0.468. The maximum absolute atomic E-state index is 12.7. The normalized spacial score (nSPS) is 10.1. The Morgan fingerprint density at radius 3 is 1.92 bits per heavy atom. The van der Waals surface area contributed by atoms with Crippen LogP contribution in [0.4, 0.5) is 0 Å². The molecule has 0 aliphatic heterocycles. The topological polar surface area (TPSA) is 82.0 Å². The van der Waals surface area contributed by atoms with E-state index in [2.05, 4.69) is 10.6 Å². The van der Waals surface area contributed by atoms with E-state index in [1.54, 1.807) is 6.07 Å². The van der Waals surface area contributed by atoms with Gasteiger partial charge in [0.1, 0.15) is 6.42 Å². The van der Waals surface area contributed by atoms with Crippen LogP contribution in [0.3, 0.4) is 0 Å². The van der Waals surface area contributed by atoms with Gasteiger partial charge in [0.2, 0.25) is 11.8 Å². The van der Waals surface area contributed by atoms with Crippen LogP contribution < -0.4 is 10.6 Å². The molecule has 2 rings (SSSR count). The number of nitrogens with zero attached hydrogens (tertiary/aromatic N) is 1. The summed E-state index contributed by atoms with van der Waals surface area (Å²) >= 11 is 0. The van der Waals surface area contributed by atoms with E-state index >= 15 is 0 Å². The maximum Gasteiger partial charge on any atom is 0.234 e. The Morgan fingerprint density at radius 2 is 1.40 bits per heavy atom. The van der Waals surface area contributed by atoms with Crippen LogP contribution in [-0.2, 0) is 9.59 Å². The maximum atomic E-state index is 12.7. The lowest BCUT2D eigenvalue weighted by atomic mass is 9.90. The molecule has 0 saturated carbocycles. The van der Waals surface area contributed by atoms with Gasteiger partial charge in [0.25, 0.3) is 0 Å². The zero-order valence-electron chi connectivity index (χ0n) is 13.9. The number of benzene rings is 2. The second-order valence-electron chi connectivity index (χ2n) is 5.58. The van der Waals surface area contributed by atoms with Gasteiger partial charge in [-0.15, -0.1) is 0 Å². The van der Waals surface area contributed by atoms with Gasteiger partial charge in [-0.3, -0.25) is 9.59 Å². The van der Waals surface area contributed by atoms with Crippen LogP contribution >= 0.6 is 0 Å². The molecule has 25 heavy (non-hydrogen) atoms. The van der Waals surface area contributed by atoms with Crippen LogP contribution in [0.5, 0.6) is 0 Å². The van der Waals surface area contributed by atoms with Crippen LogP contribution in [0.2, 0.25) is 0 Å². The first-order valence-corrected chi connectivity index (χ1v) is 8.23. The summed E-state index contributed by atoms with van der Waals surface area (Å²) in [4.78, 5) is 23.9. The van der Waals surface area contributed by atoms with Crippen molar-refractivity contribution in [3.63, 3.8) is 0 Å². The lowest BCUT2D eigenvalue weighted by Crippen LogP contribution is -2.33. The van der Waals surface area contributed by atoms with Crippen molar-refractivity contribution in [2.24, 2.45) is 0 Å². The third-order valence-electron chi connectivity index (χ3n) is 3.74. The molecule has 2 aromatic rings. The molecule has 5 nitrogen and oxygen atoms in total. The molecule has 0 unspecified atom stereocenters. The molecule has 5 heteroatoms. The number of nitrogens with one attached hydrogen (secondary N) is 2. The lowest BCUT2D eigenvalue weighted by molar-refractivity contribution is -0.121. The molecule has 0 aliphatic rings. The van der Waals surface area contributed by atoms with Gasteiger partial charge in [-0.1, -0.05) is 60.7 Å². The molecule has 0 fully saturated rings. The van der Waals surface area contributed by atoms with Gasteiger partial charge in [-0.05, 0) is 17.5 Å². The number of hydrogen-bond acceptors (Lipinski definition) is 3. The quantitative estimate of drug-likeness (QED) is 0.727. The van der Waals surface area contributed by atoms with Crippen molar-refractivity contribution in [3.05, 3.63) is 71.8 Å². The van der Waals surface area contributed by atoms with Crippen molar-refractivity contribution in [2.45, 2.75) is 18.8 Å². The Kier molecular flexibility index (Phi) is 7.20. The summed E-state index contributed by atoms with van der Waals surface area (Å²) < 4.78 is 0. The molecule has 0 spiro atoms. The molecule has 128 valence electrons. The van der Waals surface area contributed by atoms with Crippen LogP contribution in [-0.4, -0.2) is 24.9 Å². The zero-order valence-corrected chi connectivity index (χ0v) is 13.9. The molecule has 0 saturated heterocycles. The zero-order chi connectivity index (χ0) is 17.9. The fourth-order valence-electron chi connectivity index (χ4n) is 2.55. The van der Waals surface area contributed by atoms with Crippen molar-refractivity contribution in [3.8, 4) is 6.07 Å². The standard InChI is InChI=1S/C20H21N3O2/c21-13-12-18(24)22-14-7-15-23-20(25)19(16-8-3-1-4-9-16)17-10-5-2-6-11-17/h1-6,8-11,19H,7,12,14-15H2,(H,22,24)(H,23,25). The van der Waals surface area contributed by atoms with E-state index < -0.39 is 0 Å². The van der Waals surface area contributed by atoms with Gasteiger partial charge in [0.05, 0.1) is 12.0 Å². The third-order valence-corrected chi connectivity index (χ3v) is 3.74. The highest BCUT2D eigenvalue weighted by Gasteiger charge is 2.21. The Morgan fingerprint density at radius 1 is 0.880 bits per heavy atom. The molecule has 2 amide bonds. The van der Waals surface area contributed by atoms with Crippen molar-refractivity contribution < 1.29 is 9.59 Å². The van der Waals surface area contributed by atoms with Gasteiger partial charge in [-0.25, -0.2) is 0 Å². The average molecular weight is 335 g/mol. The molecule has 0 aromatic heterocycles. The summed E-state index contributed by atoms with van der Waals surface area (Å²) in [7, 11) is 0. The molecule has 0 atom stereocenters. The number of amides is 2. The molecule has 0 heterocycles. The van der Waals surface area contributed by atoms with Gasteiger partial charge >= 0.3 is 0 Å². The fourth-order valence-corrected chi connectivity index (χ4v) is 2.55. The smallest absolute Gasteiger partial charge is 0.234 e. The molecular formula is C20H21N3O2. The number of rotatable bonds is 8. The Labute approximate surface area is 147 Å². The van der Waals surface area contributed by atoms with E-state index in [-0.39, 0.29) is 24.2 Å². The molecule has 0 aliphatic carbocycles. The minimum absolute atomic E-state index is 0.0687. The van der Waals surface area contributed by atoms with E-state index in [1.165, 1.54) is 0 Å². The highest BCUT2D eigenvalue weighted by Crippen LogP contribution is 2.24. The predicted molar refractivity (Wildman–Crippen MR) is 95.6 cm³/mol. The van der Waals surface area contributed by atoms with Gasteiger partial charge in [0, 0.05) is 13.1 Å². The second-order valence-corrected chi connectivity index (χ2v) is 5.58. The number of hydrogen-bond donors (Lipinski definition) is 2. The van der Waals surface area contributed by atoms with Gasteiger partial charge < -0.3 is 10.6 Å². The molecule has 0 radical (unpaired) electrons. The Bertz CT molecular complexity index is 684. The Hall–Kier alpha value is -3.13. The molecule has 2 aromatic carbocycles. The van der Waals surface area contributed by atoms with Crippen molar-refractivity contribution in [1.82, 2.24) is 10.6 Å². The van der Waals surface area contributed by atoms with Crippen LogP contribution in [0.1, 0.15) is 29.9 Å². The first-order chi connectivity index (χ1) is 12.2. The summed E-state index contributed by atoms with van der Waals surface area (Å²) in [6.45, 7) is 0.893. The first-order valence-electron chi connectivity index (χ1n) is 8.23. The number of carbonyl (C=O) groups excluding carboxylic acids is 2. The van der Waals surface area contributed by atoms with E-state index in [0.717, 1.165) is 11.1 Å². The first kappa shape index (κ1) is 18.2. The van der Waals surface area contributed by atoms with Crippen molar-refractivity contribution in [2.75, 3.05) is 13.1 Å². The van der Waals surface area contributed by atoms with Crippen LogP contribution in [0, 0.1) is 11.3 Å². The van der Waals surface area contributed by atoms with Crippen LogP contribution in [0.25, 0.3) is 0 Å². The average Bonchev–Trinajstić information content (AvgIpc) is 2.64. The minimum Gasteiger partial charge on any atom is -0.355 e. The van der Waals surface area contributed by atoms with Gasteiger partial charge in [0.15, 0.2) is 0 Å². The summed E-state index contributed by atoms with van der Waals surface area (Å²) in [6, 6.07) is 21.1. The molecule has 2 N–H and O–H groups in total. The van der Waals surface area contributed by atoms with E-state index in [9.17, 15) is 9.59 Å². The fraction of sp³-hybridized carbons (Fsp3) is 0.250. The van der Waals surface area contributed by atoms with Gasteiger partial charge in [-0.2, -0.15) is 5.26 Å². The molecule has 0 bridgehead atoms. The summed E-state index contributed by atoms with van der Waals surface area (Å²) in [5.41, 5.74) is 1.88. The minimum atomic E-state index is -0.365. The largest absolute Gasteiger partial charge is 0.355 e. The predicted octanol–water partition coefficient (Wildman–Crippen LogP) is 2.35. The Balaban J connectivity index is 1.93. The summed E-state index contributed by atoms with van der Waals surface area (Å²) in [5, 5.41) is 14.0. The second kappa shape index (κ2) is 9.89. The lowest BCUT2D eigenvalue weighted by Gasteiger charge is -2.18. The SMILES string of the molecule is N#CCC(=O)NCCCNC(=O)C(c1ccccc1)c1ccccc1. The third kappa shape index (κ3) is 5.78.